The summed E-state index contributed by atoms with van der Waals surface area (Å²) in [5, 5.41) is 4.16. The number of hydrogen-bond donors (Lipinski definition) is 1. The van der Waals surface area contributed by atoms with Crippen molar-refractivity contribution >= 4 is 11.5 Å². The molecule has 0 amide bonds. The van der Waals surface area contributed by atoms with Crippen molar-refractivity contribution in [2.75, 3.05) is 6.61 Å². The molecule has 0 aliphatic carbocycles. The van der Waals surface area contributed by atoms with Gasteiger partial charge in [0.05, 0.1) is 11.8 Å². The summed E-state index contributed by atoms with van der Waals surface area (Å²) in [6.45, 7) is 10.6. The molecule has 2 atom stereocenters. The number of benzene rings is 1. The maximum atomic E-state index is 11.9. The molecule has 2 N–H and O–H groups in total. The molecule has 0 saturated carbocycles. The first kappa shape index (κ1) is 19.4. The number of nitrogens with two attached hydrogens (primary N) is 1. The molecule has 0 heterocycles. The van der Waals surface area contributed by atoms with E-state index in [4.69, 9.17) is 10.6 Å². The molecular weight excluding hydrogens is 288 g/mol. The second-order valence-electron chi connectivity index (χ2n) is 6.55. The van der Waals surface area contributed by atoms with E-state index in [2.05, 4.69) is 19.0 Å². The van der Waals surface area contributed by atoms with E-state index in [0.29, 0.717) is 18.9 Å². The zero-order valence-electron chi connectivity index (χ0n) is 15.0. The van der Waals surface area contributed by atoms with Crippen LogP contribution in [-0.2, 0) is 16.1 Å². The summed E-state index contributed by atoms with van der Waals surface area (Å²) in [5.74, 6) is 0.584. The molecule has 0 spiro atoms. The monoisotopic (exact) mass is 318 g/mol. The van der Waals surface area contributed by atoms with Gasteiger partial charge in [-0.15, -0.1) is 0 Å². The molecule has 2 unspecified atom stereocenters. The predicted molar refractivity (Wildman–Crippen MR) is 95.6 cm³/mol. The van der Waals surface area contributed by atoms with Crippen molar-refractivity contribution in [2.45, 2.75) is 53.5 Å². The summed E-state index contributed by atoms with van der Waals surface area (Å²) < 4.78 is 0. The fraction of sp³-hybridized carbons (Fsp3) is 0.579. The molecule has 0 bridgehead atoms. The smallest absolute Gasteiger partial charge is 0.152 e. The van der Waals surface area contributed by atoms with Crippen molar-refractivity contribution in [1.82, 2.24) is 0 Å². The minimum absolute atomic E-state index is 0.0266. The Morgan fingerprint density at radius 3 is 2.35 bits per heavy atom. The Hall–Kier alpha value is -1.68. The summed E-state index contributed by atoms with van der Waals surface area (Å²) in [7, 11) is 0. The average Bonchev–Trinajstić information content (AvgIpc) is 2.54. The molecule has 0 fully saturated rings. The van der Waals surface area contributed by atoms with Gasteiger partial charge in [-0.25, -0.2) is 0 Å². The van der Waals surface area contributed by atoms with Crippen LogP contribution >= 0.6 is 0 Å². The van der Waals surface area contributed by atoms with Gasteiger partial charge in [-0.3, -0.25) is 4.79 Å². The van der Waals surface area contributed by atoms with Gasteiger partial charge in [0.1, 0.15) is 6.61 Å². The van der Waals surface area contributed by atoms with Crippen LogP contribution in [0.15, 0.2) is 29.4 Å². The topological polar surface area (TPSA) is 64.7 Å². The lowest BCUT2D eigenvalue weighted by molar-refractivity contribution is -0.123. The van der Waals surface area contributed by atoms with Crippen molar-refractivity contribution in [3.8, 4) is 0 Å². The molecule has 4 heteroatoms. The highest BCUT2D eigenvalue weighted by molar-refractivity contribution is 5.98. The van der Waals surface area contributed by atoms with Gasteiger partial charge >= 0.3 is 0 Å². The molecule has 0 aliphatic rings. The summed E-state index contributed by atoms with van der Waals surface area (Å²) in [5.41, 5.74) is 8.89. The van der Waals surface area contributed by atoms with Gasteiger partial charge < -0.3 is 10.6 Å². The van der Waals surface area contributed by atoms with E-state index in [0.717, 1.165) is 23.3 Å². The van der Waals surface area contributed by atoms with Crippen LogP contribution in [0.3, 0.4) is 0 Å². The zero-order chi connectivity index (χ0) is 17.4. The first-order chi connectivity index (χ1) is 10.8. The number of rotatable bonds is 9. The van der Waals surface area contributed by atoms with Crippen LogP contribution in [0, 0.1) is 11.8 Å². The highest BCUT2D eigenvalue weighted by atomic mass is 16.6. The molecule has 0 saturated heterocycles. The van der Waals surface area contributed by atoms with Crippen LogP contribution in [0.1, 0.15) is 52.2 Å². The van der Waals surface area contributed by atoms with Crippen LogP contribution in [0.4, 0.5) is 0 Å². The maximum absolute atomic E-state index is 11.9. The van der Waals surface area contributed by atoms with Crippen LogP contribution < -0.4 is 5.73 Å². The minimum Gasteiger partial charge on any atom is -0.395 e. The Labute approximate surface area is 140 Å². The van der Waals surface area contributed by atoms with Crippen molar-refractivity contribution < 1.29 is 9.63 Å². The minimum atomic E-state index is -0.436. The number of Topliss-reactive ketones (excluding diaryl/α,β-unsaturated/α-hetero) is 1. The molecular formula is C19H30N2O2. The summed E-state index contributed by atoms with van der Waals surface area (Å²) in [6, 6.07) is 7.54. The quantitative estimate of drug-likeness (QED) is 0.559. The van der Waals surface area contributed by atoms with Gasteiger partial charge in [0.15, 0.2) is 5.78 Å². The Morgan fingerprint density at radius 2 is 1.83 bits per heavy atom. The van der Waals surface area contributed by atoms with Crippen molar-refractivity contribution in [3.05, 3.63) is 35.4 Å². The van der Waals surface area contributed by atoms with E-state index < -0.39 is 6.04 Å². The molecule has 0 radical (unpaired) electrons. The molecule has 128 valence electrons. The maximum Gasteiger partial charge on any atom is 0.152 e. The van der Waals surface area contributed by atoms with Crippen LogP contribution in [0.2, 0.25) is 0 Å². The number of ketones is 1. The Balaban J connectivity index is 2.62. The van der Waals surface area contributed by atoms with E-state index >= 15 is 0 Å². The second-order valence-corrected chi connectivity index (χ2v) is 6.55. The Kier molecular flexibility index (Phi) is 7.96. The van der Waals surface area contributed by atoms with Crippen LogP contribution in [0.25, 0.3) is 0 Å². The largest absolute Gasteiger partial charge is 0.395 e. The van der Waals surface area contributed by atoms with Crippen molar-refractivity contribution in [2.24, 2.45) is 22.7 Å². The standard InChI is InChI=1S/C19H30N2O2/c1-6-14(4)12-23-21-15(5)17-9-7-16(8-10-17)11-18(20)19(22)13(2)3/h7-10,13-14,18H,6,11-12,20H2,1-5H3/b21-15-. The summed E-state index contributed by atoms with van der Waals surface area (Å²) in [6.07, 6.45) is 1.65. The zero-order valence-corrected chi connectivity index (χ0v) is 15.0. The molecule has 1 aromatic rings. The fourth-order valence-electron chi connectivity index (χ4n) is 2.10. The third-order valence-electron chi connectivity index (χ3n) is 4.02. The lowest BCUT2D eigenvalue weighted by Crippen LogP contribution is -2.35. The van der Waals surface area contributed by atoms with Gasteiger partial charge in [-0.2, -0.15) is 0 Å². The highest BCUT2D eigenvalue weighted by Crippen LogP contribution is 2.10. The molecule has 0 aromatic heterocycles. The van der Waals surface area contributed by atoms with E-state index in [9.17, 15) is 4.79 Å². The highest BCUT2D eigenvalue weighted by Gasteiger charge is 2.17. The van der Waals surface area contributed by atoms with Gasteiger partial charge in [0.2, 0.25) is 0 Å². The number of carbonyl (C=O) groups is 1. The number of nitrogens with zero attached hydrogens (tertiary/aromatic N) is 1. The molecule has 1 aromatic carbocycles. The number of oxime groups is 1. The van der Waals surface area contributed by atoms with Gasteiger partial charge in [-0.1, -0.05) is 63.5 Å². The molecule has 1 rings (SSSR count). The molecule has 4 nitrogen and oxygen atoms in total. The second kappa shape index (κ2) is 9.46. The van der Waals surface area contributed by atoms with Gasteiger partial charge in [0.25, 0.3) is 0 Å². The Morgan fingerprint density at radius 1 is 1.22 bits per heavy atom. The van der Waals surface area contributed by atoms with E-state index in [-0.39, 0.29) is 11.7 Å². The average molecular weight is 318 g/mol. The molecule has 0 aliphatic heterocycles. The molecule has 23 heavy (non-hydrogen) atoms. The summed E-state index contributed by atoms with van der Waals surface area (Å²) in [4.78, 5) is 17.2. The van der Waals surface area contributed by atoms with Crippen LogP contribution in [0.5, 0.6) is 0 Å². The lowest BCUT2D eigenvalue weighted by Gasteiger charge is -2.13. The Bertz CT molecular complexity index is 521. The number of hydrogen-bond acceptors (Lipinski definition) is 4. The normalized spacial score (nSPS) is 14.7. The van der Waals surface area contributed by atoms with E-state index in [1.807, 2.05) is 45.0 Å². The first-order valence-corrected chi connectivity index (χ1v) is 8.40. The SMILES string of the molecule is CCC(C)CO/N=C(/C)c1ccc(CC(N)C(=O)C(C)C)cc1. The van der Waals surface area contributed by atoms with Gasteiger partial charge in [-0.05, 0) is 30.4 Å². The lowest BCUT2D eigenvalue weighted by atomic mass is 9.96. The van der Waals surface area contributed by atoms with Crippen molar-refractivity contribution in [3.63, 3.8) is 0 Å². The predicted octanol–water partition coefficient (Wildman–Crippen LogP) is 3.57. The van der Waals surface area contributed by atoms with E-state index in [1.165, 1.54) is 0 Å². The van der Waals surface area contributed by atoms with Gasteiger partial charge in [0, 0.05) is 5.92 Å². The first-order valence-electron chi connectivity index (χ1n) is 8.40. The van der Waals surface area contributed by atoms with Crippen molar-refractivity contribution in [1.29, 1.82) is 0 Å². The third kappa shape index (κ3) is 6.53. The fourth-order valence-corrected chi connectivity index (χ4v) is 2.10. The summed E-state index contributed by atoms with van der Waals surface area (Å²) >= 11 is 0. The third-order valence-corrected chi connectivity index (χ3v) is 4.02. The van der Waals surface area contributed by atoms with E-state index in [1.54, 1.807) is 0 Å². The van der Waals surface area contributed by atoms with Crippen LogP contribution in [-0.4, -0.2) is 24.1 Å². The number of carbonyl (C=O) groups excluding carboxylic acids is 1.